The van der Waals surface area contributed by atoms with Crippen molar-refractivity contribution in [2.75, 3.05) is 5.73 Å². The maximum atomic E-state index is 13.2. The van der Waals surface area contributed by atoms with Crippen molar-refractivity contribution in [2.24, 2.45) is 7.05 Å². The molecule has 0 aliphatic rings. The zero-order valence-electron chi connectivity index (χ0n) is 8.85. The zero-order valence-corrected chi connectivity index (χ0v) is 8.85. The molecule has 2 N–H and O–H groups in total. The average Bonchev–Trinajstić information content (AvgIpc) is 2.58. The number of nitrogen functional groups attached to an aromatic ring is 1. The van der Waals surface area contributed by atoms with Crippen LogP contribution in [-0.2, 0) is 13.7 Å². The van der Waals surface area contributed by atoms with Gasteiger partial charge >= 0.3 is 0 Å². The highest BCUT2D eigenvalue weighted by atomic mass is 19.1. The lowest BCUT2D eigenvalue weighted by molar-refractivity contribution is 0.281. The van der Waals surface area contributed by atoms with E-state index in [1.165, 1.54) is 6.07 Å². The summed E-state index contributed by atoms with van der Waals surface area (Å²) >= 11 is 0. The van der Waals surface area contributed by atoms with Crippen LogP contribution in [-0.4, -0.2) is 9.78 Å². The molecule has 2 aromatic rings. The first kappa shape index (κ1) is 10.5. The smallest absolute Gasteiger partial charge is 0.165 e. The summed E-state index contributed by atoms with van der Waals surface area (Å²) in [6.45, 7) is 0.198. The molecule has 0 saturated heterocycles. The molecule has 1 aromatic heterocycles. The molecule has 0 unspecified atom stereocenters. The fraction of sp³-hybridized carbons (Fsp3) is 0.182. The largest absolute Gasteiger partial charge is 0.484 e. The van der Waals surface area contributed by atoms with Crippen molar-refractivity contribution in [1.82, 2.24) is 9.78 Å². The van der Waals surface area contributed by atoms with E-state index in [9.17, 15) is 4.39 Å². The molecule has 0 amide bonds. The van der Waals surface area contributed by atoms with E-state index in [2.05, 4.69) is 5.10 Å². The topological polar surface area (TPSA) is 53.1 Å². The van der Waals surface area contributed by atoms with Crippen molar-refractivity contribution in [3.63, 3.8) is 0 Å². The number of aryl methyl sites for hydroxylation is 1. The second-order valence-electron chi connectivity index (χ2n) is 3.39. The van der Waals surface area contributed by atoms with Crippen LogP contribution >= 0.6 is 0 Å². The molecule has 84 valence electrons. The van der Waals surface area contributed by atoms with Gasteiger partial charge in [0.2, 0.25) is 0 Å². The minimum absolute atomic E-state index is 0.198. The lowest BCUT2D eigenvalue weighted by Gasteiger charge is -2.07. The van der Waals surface area contributed by atoms with Gasteiger partial charge in [-0.2, -0.15) is 5.10 Å². The molecule has 0 aliphatic heterocycles. The number of rotatable bonds is 3. The fourth-order valence-electron chi connectivity index (χ4n) is 1.36. The van der Waals surface area contributed by atoms with Gasteiger partial charge in [-0.1, -0.05) is 12.1 Å². The fourth-order valence-corrected chi connectivity index (χ4v) is 1.36. The molecular weight excluding hydrogens is 209 g/mol. The van der Waals surface area contributed by atoms with Crippen molar-refractivity contribution in [3.8, 4) is 5.75 Å². The van der Waals surface area contributed by atoms with Crippen LogP contribution in [0.2, 0.25) is 0 Å². The lowest BCUT2D eigenvalue weighted by atomic mass is 10.3. The number of halogens is 1. The Bertz CT molecular complexity index is 476. The van der Waals surface area contributed by atoms with Crippen LogP contribution in [0.5, 0.6) is 5.75 Å². The molecule has 0 fully saturated rings. The van der Waals surface area contributed by atoms with E-state index in [1.807, 2.05) is 0 Å². The van der Waals surface area contributed by atoms with Crippen LogP contribution in [0, 0.1) is 5.82 Å². The van der Waals surface area contributed by atoms with Crippen LogP contribution in [0.25, 0.3) is 0 Å². The molecule has 4 nitrogen and oxygen atoms in total. The molecule has 0 spiro atoms. The SMILES string of the molecule is Cn1ncc(N)c1COc1ccccc1F. The van der Waals surface area contributed by atoms with Gasteiger partial charge in [-0.15, -0.1) is 0 Å². The molecule has 0 radical (unpaired) electrons. The van der Waals surface area contributed by atoms with Gasteiger partial charge in [-0.05, 0) is 12.1 Å². The number of anilines is 1. The monoisotopic (exact) mass is 221 g/mol. The number of para-hydroxylation sites is 1. The number of aromatic nitrogens is 2. The number of ether oxygens (including phenoxy) is 1. The first-order valence-corrected chi connectivity index (χ1v) is 4.82. The molecule has 0 bridgehead atoms. The molecule has 5 heteroatoms. The van der Waals surface area contributed by atoms with Crippen LogP contribution in [0.3, 0.4) is 0 Å². The molecular formula is C11H12FN3O. The highest BCUT2D eigenvalue weighted by molar-refractivity contribution is 5.40. The van der Waals surface area contributed by atoms with Crippen LogP contribution in [0.1, 0.15) is 5.69 Å². The quantitative estimate of drug-likeness (QED) is 0.858. The first-order chi connectivity index (χ1) is 7.68. The molecule has 0 atom stereocenters. The lowest BCUT2D eigenvalue weighted by Crippen LogP contribution is -2.06. The maximum absolute atomic E-state index is 13.2. The van der Waals surface area contributed by atoms with Gasteiger partial charge in [0, 0.05) is 7.05 Å². The van der Waals surface area contributed by atoms with Crippen LogP contribution in [0.4, 0.5) is 10.1 Å². The Hall–Kier alpha value is -2.04. The Balaban J connectivity index is 2.11. The Labute approximate surface area is 92.4 Å². The third-order valence-corrected chi connectivity index (χ3v) is 2.29. The van der Waals surface area contributed by atoms with Gasteiger partial charge in [-0.25, -0.2) is 4.39 Å². The average molecular weight is 221 g/mol. The van der Waals surface area contributed by atoms with Crippen molar-refractivity contribution in [2.45, 2.75) is 6.61 Å². The normalized spacial score (nSPS) is 10.4. The highest BCUT2D eigenvalue weighted by Gasteiger charge is 2.07. The van der Waals surface area contributed by atoms with Crippen LogP contribution in [0.15, 0.2) is 30.5 Å². The number of benzene rings is 1. The van der Waals surface area contributed by atoms with E-state index >= 15 is 0 Å². The second kappa shape index (κ2) is 4.22. The Kier molecular flexibility index (Phi) is 2.76. The van der Waals surface area contributed by atoms with Crippen LogP contribution < -0.4 is 10.5 Å². The number of nitrogens with zero attached hydrogens (tertiary/aromatic N) is 2. The predicted octanol–water partition coefficient (Wildman–Crippen LogP) is 1.72. The van der Waals surface area contributed by atoms with Gasteiger partial charge in [0.25, 0.3) is 0 Å². The molecule has 16 heavy (non-hydrogen) atoms. The minimum atomic E-state index is -0.386. The number of hydrogen-bond acceptors (Lipinski definition) is 3. The molecule has 0 aliphatic carbocycles. The van der Waals surface area contributed by atoms with Gasteiger partial charge in [0.1, 0.15) is 6.61 Å². The summed E-state index contributed by atoms with van der Waals surface area (Å²) in [5, 5.41) is 3.97. The summed E-state index contributed by atoms with van der Waals surface area (Å²) < 4.78 is 20.2. The molecule has 2 rings (SSSR count). The predicted molar refractivity (Wildman–Crippen MR) is 58.4 cm³/mol. The minimum Gasteiger partial charge on any atom is -0.484 e. The number of nitrogens with two attached hydrogens (primary N) is 1. The van der Waals surface area contributed by atoms with Crippen molar-refractivity contribution < 1.29 is 9.13 Å². The standard InChI is InChI=1S/C11H12FN3O/c1-15-10(9(13)6-14-15)7-16-11-5-3-2-4-8(11)12/h2-6H,7,13H2,1H3. The summed E-state index contributed by atoms with van der Waals surface area (Å²) in [6, 6.07) is 6.25. The van der Waals surface area contributed by atoms with E-state index in [4.69, 9.17) is 10.5 Å². The summed E-state index contributed by atoms with van der Waals surface area (Å²) in [7, 11) is 1.76. The second-order valence-corrected chi connectivity index (χ2v) is 3.39. The van der Waals surface area contributed by atoms with Gasteiger partial charge in [-0.3, -0.25) is 4.68 Å². The van der Waals surface area contributed by atoms with Gasteiger partial charge < -0.3 is 10.5 Å². The summed E-state index contributed by atoms with van der Waals surface area (Å²) in [6.07, 6.45) is 1.54. The van der Waals surface area contributed by atoms with Crippen molar-refractivity contribution in [3.05, 3.63) is 42.0 Å². The van der Waals surface area contributed by atoms with Crippen molar-refractivity contribution in [1.29, 1.82) is 0 Å². The maximum Gasteiger partial charge on any atom is 0.165 e. The highest BCUT2D eigenvalue weighted by Crippen LogP contribution is 2.18. The Morgan fingerprint density at radius 1 is 1.44 bits per heavy atom. The third kappa shape index (κ3) is 1.98. The first-order valence-electron chi connectivity index (χ1n) is 4.82. The third-order valence-electron chi connectivity index (χ3n) is 2.29. The molecule has 1 aromatic carbocycles. The van der Waals surface area contributed by atoms with E-state index in [1.54, 1.807) is 36.1 Å². The Morgan fingerprint density at radius 2 is 2.19 bits per heavy atom. The summed E-state index contributed by atoms with van der Waals surface area (Å²) in [4.78, 5) is 0. The van der Waals surface area contributed by atoms with E-state index < -0.39 is 0 Å². The van der Waals surface area contributed by atoms with E-state index in [-0.39, 0.29) is 18.2 Å². The van der Waals surface area contributed by atoms with E-state index in [0.29, 0.717) is 5.69 Å². The summed E-state index contributed by atoms with van der Waals surface area (Å²) in [5.74, 6) is -0.175. The zero-order chi connectivity index (χ0) is 11.5. The number of hydrogen-bond donors (Lipinski definition) is 1. The Morgan fingerprint density at radius 3 is 2.81 bits per heavy atom. The van der Waals surface area contributed by atoms with Gasteiger partial charge in [0.05, 0.1) is 17.6 Å². The van der Waals surface area contributed by atoms with Crippen molar-refractivity contribution >= 4 is 5.69 Å². The summed E-state index contributed by atoms with van der Waals surface area (Å²) in [5.41, 5.74) is 6.95. The molecule has 0 saturated carbocycles. The van der Waals surface area contributed by atoms with E-state index in [0.717, 1.165) is 5.69 Å². The molecule has 1 heterocycles. The van der Waals surface area contributed by atoms with Gasteiger partial charge in [0.15, 0.2) is 11.6 Å².